The van der Waals surface area contributed by atoms with Gasteiger partial charge < -0.3 is 15.2 Å². The van der Waals surface area contributed by atoms with Gasteiger partial charge in [-0.2, -0.15) is 0 Å². The highest BCUT2D eigenvalue weighted by Gasteiger charge is 2.29. The van der Waals surface area contributed by atoms with Crippen molar-refractivity contribution in [1.29, 1.82) is 0 Å². The maximum absolute atomic E-state index is 12.4. The molecule has 2 atom stereocenters. The van der Waals surface area contributed by atoms with Crippen LogP contribution in [-0.4, -0.2) is 34.7 Å². The number of carbonyl (C=O) groups is 2. The summed E-state index contributed by atoms with van der Waals surface area (Å²) >= 11 is 0. The SMILES string of the molecule is CC(C)CC(=O)[C@H](O)[C@H](Cc1ccc2ccccc2c1)NC(=O)OC(C)(C)C. The van der Waals surface area contributed by atoms with E-state index in [1.165, 1.54) is 0 Å². The molecule has 0 aromatic heterocycles. The Bertz CT molecular complexity index is 823. The maximum Gasteiger partial charge on any atom is 0.407 e. The third kappa shape index (κ3) is 6.64. The second-order valence-electron chi connectivity index (χ2n) is 8.65. The summed E-state index contributed by atoms with van der Waals surface area (Å²) in [5, 5.41) is 15.5. The number of hydrogen-bond acceptors (Lipinski definition) is 4. The third-order valence-electron chi connectivity index (χ3n) is 4.29. The smallest absolute Gasteiger partial charge is 0.407 e. The van der Waals surface area contributed by atoms with Crippen molar-refractivity contribution in [2.24, 2.45) is 5.92 Å². The number of fused-ring (bicyclic) bond motifs is 1. The standard InChI is InChI=1S/C23H31NO4/c1-15(2)12-20(25)21(26)19(24-22(27)28-23(3,4)5)14-16-10-11-17-8-6-7-9-18(17)13-16/h6-11,13,15,19,21,26H,12,14H2,1-5H3,(H,24,27)/t19-,21+/m0/s1. The average molecular weight is 386 g/mol. The number of hydrogen-bond donors (Lipinski definition) is 2. The van der Waals surface area contributed by atoms with Gasteiger partial charge in [0.15, 0.2) is 5.78 Å². The van der Waals surface area contributed by atoms with E-state index in [-0.39, 0.29) is 18.1 Å². The van der Waals surface area contributed by atoms with Crippen LogP contribution in [0.1, 0.15) is 46.6 Å². The Labute approximate surface area is 167 Å². The van der Waals surface area contributed by atoms with Crippen LogP contribution in [0.4, 0.5) is 4.79 Å². The van der Waals surface area contributed by atoms with Crippen LogP contribution < -0.4 is 5.32 Å². The lowest BCUT2D eigenvalue weighted by Crippen LogP contribution is -2.49. The van der Waals surface area contributed by atoms with Crippen molar-refractivity contribution in [2.75, 3.05) is 0 Å². The number of amides is 1. The minimum Gasteiger partial charge on any atom is -0.444 e. The second kappa shape index (κ2) is 9.20. The van der Waals surface area contributed by atoms with Crippen LogP contribution >= 0.6 is 0 Å². The van der Waals surface area contributed by atoms with Crippen LogP contribution in [0.2, 0.25) is 0 Å². The molecule has 0 unspecified atom stereocenters. The number of rotatable bonds is 7. The average Bonchev–Trinajstić information content (AvgIpc) is 2.58. The van der Waals surface area contributed by atoms with Gasteiger partial charge in [0.1, 0.15) is 11.7 Å². The fraction of sp³-hybridized carbons (Fsp3) is 0.478. The van der Waals surface area contributed by atoms with E-state index in [1.54, 1.807) is 20.8 Å². The molecule has 2 rings (SSSR count). The number of benzene rings is 2. The number of ether oxygens (including phenoxy) is 1. The molecule has 5 heteroatoms. The molecule has 0 aliphatic carbocycles. The van der Waals surface area contributed by atoms with Crippen LogP contribution in [0.25, 0.3) is 10.8 Å². The minimum atomic E-state index is -1.29. The van der Waals surface area contributed by atoms with Gasteiger partial charge in [-0.1, -0.05) is 56.3 Å². The molecule has 2 aromatic carbocycles. The molecule has 152 valence electrons. The molecule has 2 aromatic rings. The molecular weight excluding hydrogens is 354 g/mol. The molecule has 0 bridgehead atoms. The van der Waals surface area contributed by atoms with Crippen LogP contribution in [0.3, 0.4) is 0 Å². The molecule has 0 radical (unpaired) electrons. The molecule has 0 aliphatic rings. The first-order valence-corrected chi connectivity index (χ1v) is 9.73. The van der Waals surface area contributed by atoms with E-state index in [0.717, 1.165) is 16.3 Å². The maximum atomic E-state index is 12.4. The summed E-state index contributed by atoms with van der Waals surface area (Å²) in [5.41, 5.74) is 0.265. The summed E-state index contributed by atoms with van der Waals surface area (Å²) in [6.07, 6.45) is -1.35. The molecule has 0 aliphatic heterocycles. The van der Waals surface area contributed by atoms with Gasteiger partial charge in [-0.25, -0.2) is 4.79 Å². The van der Waals surface area contributed by atoms with Crippen molar-refractivity contribution in [3.63, 3.8) is 0 Å². The number of carbonyl (C=O) groups excluding carboxylic acids is 2. The van der Waals surface area contributed by atoms with Crippen molar-refractivity contribution in [2.45, 2.75) is 65.2 Å². The van der Waals surface area contributed by atoms with Crippen molar-refractivity contribution in [3.8, 4) is 0 Å². The Morgan fingerprint density at radius 1 is 1.07 bits per heavy atom. The number of ketones is 1. The quantitative estimate of drug-likeness (QED) is 0.747. The Hall–Kier alpha value is -2.40. The summed E-state index contributed by atoms with van der Waals surface area (Å²) < 4.78 is 5.31. The fourth-order valence-corrected chi connectivity index (χ4v) is 3.07. The summed E-state index contributed by atoms with van der Waals surface area (Å²) in [4.78, 5) is 24.7. The van der Waals surface area contributed by atoms with Gasteiger partial charge in [0.25, 0.3) is 0 Å². The monoisotopic (exact) mass is 385 g/mol. The lowest BCUT2D eigenvalue weighted by atomic mass is 9.93. The zero-order chi connectivity index (χ0) is 20.9. The van der Waals surface area contributed by atoms with E-state index in [4.69, 9.17) is 4.74 Å². The molecular formula is C23H31NO4. The van der Waals surface area contributed by atoms with E-state index in [0.29, 0.717) is 6.42 Å². The van der Waals surface area contributed by atoms with Crippen molar-refractivity contribution >= 4 is 22.6 Å². The van der Waals surface area contributed by atoms with E-state index in [2.05, 4.69) is 5.32 Å². The third-order valence-corrected chi connectivity index (χ3v) is 4.29. The summed E-state index contributed by atoms with van der Waals surface area (Å²) in [5.74, 6) is -0.151. The highest BCUT2D eigenvalue weighted by atomic mass is 16.6. The topological polar surface area (TPSA) is 75.6 Å². The molecule has 0 saturated carbocycles. The molecule has 0 heterocycles. The van der Waals surface area contributed by atoms with Crippen molar-refractivity contribution in [3.05, 3.63) is 48.0 Å². The minimum absolute atomic E-state index is 0.130. The molecule has 2 N–H and O–H groups in total. The highest BCUT2D eigenvalue weighted by molar-refractivity contribution is 5.85. The largest absolute Gasteiger partial charge is 0.444 e. The Morgan fingerprint density at radius 3 is 2.32 bits per heavy atom. The molecule has 0 saturated heterocycles. The Morgan fingerprint density at radius 2 is 1.71 bits per heavy atom. The Kier molecular flexibility index (Phi) is 7.19. The van der Waals surface area contributed by atoms with Gasteiger partial charge >= 0.3 is 6.09 Å². The predicted molar refractivity (Wildman–Crippen MR) is 111 cm³/mol. The molecule has 0 fully saturated rings. The summed E-state index contributed by atoms with van der Waals surface area (Å²) in [6, 6.07) is 13.2. The van der Waals surface area contributed by atoms with Gasteiger partial charge in [0, 0.05) is 6.42 Å². The zero-order valence-corrected chi connectivity index (χ0v) is 17.4. The number of nitrogens with one attached hydrogen (secondary N) is 1. The molecule has 5 nitrogen and oxygen atoms in total. The summed E-state index contributed by atoms with van der Waals surface area (Å²) in [7, 11) is 0. The van der Waals surface area contributed by atoms with E-state index in [1.807, 2.05) is 56.3 Å². The van der Waals surface area contributed by atoms with Gasteiger partial charge in [0.2, 0.25) is 0 Å². The van der Waals surface area contributed by atoms with Gasteiger partial charge in [-0.15, -0.1) is 0 Å². The molecule has 1 amide bonds. The normalized spacial score (nSPS) is 14.0. The summed E-state index contributed by atoms with van der Waals surface area (Å²) in [6.45, 7) is 9.15. The van der Waals surface area contributed by atoms with E-state index in [9.17, 15) is 14.7 Å². The highest BCUT2D eigenvalue weighted by Crippen LogP contribution is 2.18. The first-order chi connectivity index (χ1) is 13.0. The van der Waals surface area contributed by atoms with Crippen LogP contribution in [0.15, 0.2) is 42.5 Å². The first-order valence-electron chi connectivity index (χ1n) is 9.73. The number of Topliss-reactive ketones (excluding diaryl/α,β-unsaturated/α-hetero) is 1. The van der Waals surface area contributed by atoms with E-state index >= 15 is 0 Å². The van der Waals surface area contributed by atoms with Gasteiger partial charge in [0.05, 0.1) is 6.04 Å². The van der Waals surface area contributed by atoms with E-state index < -0.39 is 23.8 Å². The Balaban J connectivity index is 2.22. The van der Waals surface area contributed by atoms with Crippen LogP contribution in [-0.2, 0) is 16.0 Å². The van der Waals surface area contributed by atoms with Gasteiger partial charge in [-0.05, 0) is 49.4 Å². The van der Waals surface area contributed by atoms with Crippen LogP contribution in [0.5, 0.6) is 0 Å². The van der Waals surface area contributed by atoms with Gasteiger partial charge in [-0.3, -0.25) is 4.79 Å². The fourth-order valence-electron chi connectivity index (χ4n) is 3.07. The van der Waals surface area contributed by atoms with Crippen molar-refractivity contribution < 1.29 is 19.4 Å². The number of alkyl carbamates (subject to hydrolysis) is 1. The second-order valence-corrected chi connectivity index (χ2v) is 8.65. The lowest BCUT2D eigenvalue weighted by Gasteiger charge is -2.26. The first kappa shape index (κ1) is 21.9. The number of aliphatic hydroxyl groups excluding tert-OH is 1. The van der Waals surface area contributed by atoms with Crippen molar-refractivity contribution in [1.82, 2.24) is 5.32 Å². The zero-order valence-electron chi connectivity index (χ0n) is 17.4. The predicted octanol–water partition coefficient (Wildman–Crippen LogP) is 4.25. The number of aliphatic hydroxyl groups is 1. The lowest BCUT2D eigenvalue weighted by molar-refractivity contribution is -0.129. The molecule has 28 heavy (non-hydrogen) atoms. The molecule has 0 spiro atoms. The van der Waals surface area contributed by atoms with Crippen LogP contribution in [0, 0.1) is 5.92 Å².